The number of thioether (sulfide) groups is 1. The number of halogens is 1. The van der Waals surface area contributed by atoms with Gasteiger partial charge in [0, 0.05) is 32.9 Å². The highest BCUT2D eigenvalue weighted by Crippen LogP contribution is 2.27. The maximum absolute atomic E-state index is 3.34. The molecular weight excluding hydrogens is 380 g/mol. The smallest absolute Gasteiger partial charge is 0.179 e. The van der Waals surface area contributed by atoms with Crippen LogP contribution in [0, 0.1) is 13.8 Å². The van der Waals surface area contributed by atoms with Crippen molar-refractivity contribution in [1.29, 1.82) is 0 Å². The molecule has 5 heteroatoms. The van der Waals surface area contributed by atoms with Gasteiger partial charge in [0.1, 0.15) is 12.5 Å². The molecule has 0 spiro atoms. The fraction of sp³-hybridized carbons (Fsp3) is 0.238. The van der Waals surface area contributed by atoms with Crippen LogP contribution in [0.4, 0.5) is 0 Å². The van der Waals surface area contributed by atoms with Crippen molar-refractivity contribution < 1.29 is 12.4 Å². The number of hydrogen-bond acceptors (Lipinski definition) is 1. The third-order valence-corrected chi connectivity index (χ3v) is 6.43. The Kier molecular flexibility index (Phi) is 7.16. The Morgan fingerprint density at radius 3 is 1.92 bits per heavy atom. The maximum atomic E-state index is 3.34. The summed E-state index contributed by atoms with van der Waals surface area (Å²) < 4.78 is 0. The van der Waals surface area contributed by atoms with E-state index in [-0.39, 0.29) is 12.4 Å². The molecule has 0 saturated heterocycles. The Balaban J connectivity index is 0.000000180. The standard InChI is InChI=1S/C11H14NS.C10H11NS.ClH/c1-8-5-4-6-9-10(13(2)3)7-12-11(8)9;1-7-4-3-5-8-9(12-2)6-11-10(7)8;/h4-7,12H,1-3H3;3-6,11H,1-2H3;1H/q+1;;/p-1. The summed E-state index contributed by atoms with van der Waals surface area (Å²) in [4.78, 5) is 9.40. The van der Waals surface area contributed by atoms with E-state index in [2.05, 4.69) is 91.4 Å². The maximum Gasteiger partial charge on any atom is 0.179 e. The topological polar surface area (TPSA) is 31.6 Å². The van der Waals surface area contributed by atoms with Gasteiger partial charge in [-0.3, -0.25) is 0 Å². The molecule has 0 fully saturated rings. The van der Waals surface area contributed by atoms with E-state index in [0.29, 0.717) is 10.9 Å². The first kappa shape index (κ1) is 20.8. The second-order valence-corrected chi connectivity index (χ2v) is 9.24. The number of aromatic amines is 2. The van der Waals surface area contributed by atoms with Gasteiger partial charge in [-0.15, -0.1) is 11.8 Å². The average Bonchev–Trinajstić information content (AvgIpc) is 3.20. The summed E-state index contributed by atoms with van der Waals surface area (Å²) in [5.74, 6) is 0. The molecule has 0 saturated carbocycles. The molecular formula is C21H25ClN2S2. The van der Waals surface area contributed by atoms with Crippen LogP contribution < -0.4 is 12.4 Å². The zero-order valence-electron chi connectivity index (χ0n) is 15.8. The fourth-order valence-electron chi connectivity index (χ4n) is 3.07. The summed E-state index contributed by atoms with van der Waals surface area (Å²) in [5.41, 5.74) is 5.20. The molecule has 2 heterocycles. The first-order valence-corrected chi connectivity index (χ1v) is 11.5. The predicted octanol–water partition coefficient (Wildman–Crippen LogP) is 2.92. The second-order valence-electron chi connectivity index (χ2n) is 6.32. The van der Waals surface area contributed by atoms with Gasteiger partial charge in [0.15, 0.2) is 4.90 Å². The zero-order chi connectivity index (χ0) is 18.0. The van der Waals surface area contributed by atoms with E-state index in [1.807, 2.05) is 0 Å². The van der Waals surface area contributed by atoms with E-state index in [0.717, 1.165) is 0 Å². The SMILES string of the molecule is CSc1c[nH]c2c(C)cccc12.Cc1cccc2c([S+](C)C)c[nH]c12.[Cl-]. The number of aryl methyl sites for hydroxylation is 2. The van der Waals surface area contributed by atoms with E-state index in [9.17, 15) is 0 Å². The quantitative estimate of drug-likeness (QED) is 0.390. The highest BCUT2D eigenvalue weighted by Gasteiger charge is 2.15. The zero-order valence-corrected chi connectivity index (χ0v) is 18.2. The molecule has 0 atom stereocenters. The number of para-hydroxylation sites is 2. The van der Waals surface area contributed by atoms with Gasteiger partial charge in [0.05, 0.1) is 17.1 Å². The van der Waals surface area contributed by atoms with Crippen LogP contribution in [0.1, 0.15) is 11.1 Å². The number of nitrogens with one attached hydrogen (secondary N) is 2. The van der Waals surface area contributed by atoms with Gasteiger partial charge in [-0.2, -0.15) is 0 Å². The van der Waals surface area contributed by atoms with Crippen LogP contribution >= 0.6 is 11.8 Å². The van der Waals surface area contributed by atoms with Crippen molar-refractivity contribution in [2.24, 2.45) is 0 Å². The molecule has 0 aliphatic heterocycles. The van der Waals surface area contributed by atoms with Gasteiger partial charge in [0.2, 0.25) is 0 Å². The molecule has 0 aliphatic carbocycles. The lowest BCUT2D eigenvalue weighted by Crippen LogP contribution is -3.00. The molecule has 0 radical (unpaired) electrons. The lowest BCUT2D eigenvalue weighted by molar-refractivity contribution is -0.00000535. The monoisotopic (exact) mass is 404 g/mol. The van der Waals surface area contributed by atoms with E-state index in [1.165, 1.54) is 42.7 Å². The van der Waals surface area contributed by atoms with Gasteiger partial charge in [-0.05, 0) is 37.3 Å². The Labute approximate surface area is 168 Å². The van der Waals surface area contributed by atoms with Crippen molar-refractivity contribution in [2.75, 3.05) is 18.8 Å². The van der Waals surface area contributed by atoms with Gasteiger partial charge >= 0.3 is 0 Å². The lowest BCUT2D eigenvalue weighted by atomic mass is 10.2. The van der Waals surface area contributed by atoms with Crippen LogP contribution in [-0.4, -0.2) is 28.7 Å². The number of H-pyrrole nitrogens is 2. The van der Waals surface area contributed by atoms with Crippen LogP contribution in [0.25, 0.3) is 21.8 Å². The molecule has 4 aromatic rings. The molecule has 138 valence electrons. The molecule has 0 unspecified atom stereocenters. The first-order chi connectivity index (χ1) is 12.0. The van der Waals surface area contributed by atoms with Crippen LogP contribution in [-0.2, 0) is 10.9 Å². The van der Waals surface area contributed by atoms with Crippen molar-refractivity contribution in [3.05, 3.63) is 59.9 Å². The molecule has 26 heavy (non-hydrogen) atoms. The number of fused-ring (bicyclic) bond motifs is 2. The summed E-state index contributed by atoms with van der Waals surface area (Å²) in [6.07, 6.45) is 10.8. The highest BCUT2D eigenvalue weighted by molar-refractivity contribution is 7.98. The Bertz CT molecular complexity index is 1000. The van der Waals surface area contributed by atoms with E-state index < -0.39 is 0 Å². The molecule has 0 bridgehead atoms. The number of aromatic nitrogens is 2. The van der Waals surface area contributed by atoms with Crippen LogP contribution in [0.5, 0.6) is 0 Å². The number of benzene rings is 2. The third-order valence-electron chi connectivity index (χ3n) is 4.43. The number of hydrogen-bond donors (Lipinski definition) is 2. The fourth-order valence-corrected chi connectivity index (χ4v) is 4.54. The largest absolute Gasteiger partial charge is 1.00 e. The predicted molar refractivity (Wildman–Crippen MR) is 115 cm³/mol. The molecule has 0 amide bonds. The third kappa shape index (κ3) is 4.08. The van der Waals surface area contributed by atoms with Crippen molar-refractivity contribution >= 4 is 44.5 Å². The first-order valence-electron chi connectivity index (χ1n) is 8.28. The van der Waals surface area contributed by atoms with Gasteiger partial charge in [-0.25, -0.2) is 0 Å². The molecule has 2 aromatic heterocycles. The Hall–Kier alpha value is -1.49. The van der Waals surface area contributed by atoms with Gasteiger partial charge in [-0.1, -0.05) is 30.3 Å². The highest BCUT2D eigenvalue weighted by atomic mass is 35.5. The van der Waals surface area contributed by atoms with E-state index >= 15 is 0 Å². The number of rotatable bonds is 2. The van der Waals surface area contributed by atoms with E-state index in [4.69, 9.17) is 0 Å². The van der Waals surface area contributed by atoms with Crippen LogP contribution in [0.15, 0.2) is 58.6 Å². The van der Waals surface area contributed by atoms with E-state index in [1.54, 1.807) is 11.8 Å². The minimum Gasteiger partial charge on any atom is -1.00 e. The molecule has 2 nitrogen and oxygen atoms in total. The molecule has 2 aromatic carbocycles. The molecule has 0 aliphatic rings. The summed E-state index contributed by atoms with van der Waals surface area (Å²) in [6.45, 7) is 4.27. The average molecular weight is 405 g/mol. The van der Waals surface area contributed by atoms with Crippen molar-refractivity contribution in [2.45, 2.75) is 23.6 Å². The Morgan fingerprint density at radius 1 is 0.808 bits per heavy atom. The minimum atomic E-state index is 0. The normalized spacial score (nSPS) is 10.7. The van der Waals surface area contributed by atoms with Gasteiger partial charge in [0.25, 0.3) is 0 Å². The van der Waals surface area contributed by atoms with Crippen LogP contribution in [0.3, 0.4) is 0 Å². The van der Waals surface area contributed by atoms with Crippen molar-refractivity contribution in [3.8, 4) is 0 Å². The van der Waals surface area contributed by atoms with Crippen molar-refractivity contribution in [1.82, 2.24) is 9.97 Å². The lowest BCUT2D eigenvalue weighted by Gasteiger charge is -1.95. The molecule has 4 rings (SSSR count). The minimum absolute atomic E-state index is 0. The van der Waals surface area contributed by atoms with Gasteiger partial charge < -0.3 is 22.4 Å². The summed E-state index contributed by atoms with van der Waals surface area (Å²) in [7, 11) is 0.338. The molecule has 2 N–H and O–H groups in total. The summed E-state index contributed by atoms with van der Waals surface area (Å²) in [5, 5.41) is 2.72. The Morgan fingerprint density at radius 2 is 1.35 bits per heavy atom. The van der Waals surface area contributed by atoms with Crippen molar-refractivity contribution in [3.63, 3.8) is 0 Å². The summed E-state index contributed by atoms with van der Waals surface area (Å²) in [6, 6.07) is 12.9. The second kappa shape index (κ2) is 8.94. The van der Waals surface area contributed by atoms with Crippen LogP contribution in [0.2, 0.25) is 0 Å². The summed E-state index contributed by atoms with van der Waals surface area (Å²) >= 11 is 1.78.